The van der Waals surface area contributed by atoms with Crippen LogP contribution in [0.15, 0.2) is 54.1 Å². The zero-order valence-corrected chi connectivity index (χ0v) is 37.3. The molecule has 0 saturated carbocycles. The zero-order chi connectivity index (χ0) is 44.4. The molecular weight excluding hydrogens is 790 g/mol. The van der Waals surface area contributed by atoms with E-state index in [9.17, 15) is 29.1 Å². The van der Waals surface area contributed by atoms with Gasteiger partial charge < -0.3 is 39.2 Å². The lowest BCUT2D eigenvalue weighted by molar-refractivity contribution is -0.187. The largest absolute Gasteiger partial charge is 0.462 e. The van der Waals surface area contributed by atoms with Gasteiger partial charge in [0, 0.05) is 51.7 Å². The molecule has 8 atom stereocenters. The Morgan fingerprint density at radius 2 is 1.83 bits per heavy atom. The number of carbonyl (C=O) groups excluding carboxylic acids is 5. The molecule has 0 radical (unpaired) electrons. The number of rotatable bonds is 8. The normalized spacial score (nSPS) is 29.1. The first kappa shape index (κ1) is 46.5. The van der Waals surface area contributed by atoms with Gasteiger partial charge in [0.15, 0.2) is 0 Å². The van der Waals surface area contributed by atoms with Crippen molar-refractivity contribution in [2.75, 3.05) is 31.4 Å². The van der Waals surface area contributed by atoms with Crippen molar-refractivity contribution >= 4 is 52.6 Å². The third-order valence-electron chi connectivity index (χ3n) is 12.0. The average Bonchev–Trinajstić information content (AvgIpc) is 3.87. The molecule has 60 heavy (non-hydrogen) atoms. The van der Waals surface area contributed by atoms with E-state index in [0.29, 0.717) is 35.2 Å². The van der Waals surface area contributed by atoms with Crippen LogP contribution < -0.4 is 10.2 Å². The van der Waals surface area contributed by atoms with Gasteiger partial charge in [-0.15, -0.1) is 0 Å². The number of epoxide rings is 1. The molecule has 3 aliphatic heterocycles. The van der Waals surface area contributed by atoms with E-state index < -0.39 is 71.3 Å². The number of anilines is 2. The van der Waals surface area contributed by atoms with Crippen molar-refractivity contribution in [2.45, 2.75) is 129 Å². The molecule has 3 amide bonds. The lowest BCUT2D eigenvalue weighted by Gasteiger charge is -2.41. The number of methoxy groups -OCH3 is 1. The highest BCUT2D eigenvalue weighted by Crippen LogP contribution is 2.49. The van der Waals surface area contributed by atoms with Gasteiger partial charge in [-0.05, 0) is 81.3 Å². The number of benzene rings is 2. The number of nitrogens with zero attached hydrogens (tertiary/aromatic N) is 2. The predicted octanol–water partition coefficient (Wildman–Crippen LogP) is 6.53. The number of likely N-dealkylation sites (N-methyl/N-ethyl adjacent to an activating group) is 1. The maximum absolute atomic E-state index is 14.3. The summed E-state index contributed by atoms with van der Waals surface area (Å²) in [6.07, 6.45) is 2.62. The number of aliphatic hydroxyl groups is 1. The average molecular weight is 850 g/mol. The van der Waals surface area contributed by atoms with E-state index >= 15 is 0 Å². The zero-order valence-electron chi connectivity index (χ0n) is 36.6. The van der Waals surface area contributed by atoms with Crippen molar-refractivity contribution in [3.05, 3.63) is 81.4 Å². The van der Waals surface area contributed by atoms with Crippen LogP contribution in [0.2, 0.25) is 5.02 Å². The summed E-state index contributed by atoms with van der Waals surface area (Å²) in [7, 11) is 4.57. The lowest BCUT2D eigenvalue weighted by Crippen LogP contribution is -2.53. The third-order valence-corrected chi connectivity index (χ3v) is 12.5. The molecule has 0 unspecified atom stereocenters. The van der Waals surface area contributed by atoms with E-state index in [0.717, 1.165) is 22.3 Å². The molecule has 4 bridgehead atoms. The molecule has 3 heterocycles. The number of carbonyl (C=O) groups is 5. The van der Waals surface area contributed by atoms with Gasteiger partial charge in [0.1, 0.15) is 35.6 Å². The van der Waals surface area contributed by atoms with Crippen LogP contribution in [0, 0.1) is 18.8 Å². The number of ether oxygens (including phenoxy) is 4. The SMILES string of the molecule is CO[C@@H]1/C=C/C=C(\C)Cc2cc(C)c(Cl)c(c2)N(C)C(=O)C[C@H](OC(=O)[C@H](C)N(C)C(=O)c2ccc(CC(C)C)c(NC(C)=O)c2)[C@]2(C)O[C@H]2[C@H](C)[C@@H]2C[C@@]1(O)CC(=O)O2. The van der Waals surface area contributed by atoms with Crippen molar-refractivity contribution < 1.29 is 48.0 Å². The number of nitrogens with one attached hydrogen (secondary N) is 1. The quantitative estimate of drug-likeness (QED) is 0.220. The third kappa shape index (κ3) is 10.3. The van der Waals surface area contributed by atoms with Gasteiger partial charge in [0.05, 0.1) is 29.7 Å². The number of amides is 3. The van der Waals surface area contributed by atoms with Crippen LogP contribution in [0.3, 0.4) is 0 Å². The van der Waals surface area contributed by atoms with E-state index in [-0.39, 0.29) is 30.7 Å². The Morgan fingerprint density at radius 1 is 1.13 bits per heavy atom. The Bertz CT molecular complexity index is 2070. The minimum atomic E-state index is -1.59. The van der Waals surface area contributed by atoms with Crippen LogP contribution in [0.4, 0.5) is 11.4 Å². The Labute approximate surface area is 358 Å². The van der Waals surface area contributed by atoms with E-state index in [2.05, 4.69) is 19.2 Å². The Morgan fingerprint density at radius 3 is 2.48 bits per heavy atom. The van der Waals surface area contributed by atoms with Crippen LogP contribution in [-0.2, 0) is 51.0 Å². The first-order chi connectivity index (χ1) is 28.1. The van der Waals surface area contributed by atoms with Crippen LogP contribution >= 0.6 is 11.6 Å². The van der Waals surface area contributed by atoms with E-state index in [1.54, 1.807) is 44.3 Å². The molecule has 2 aromatic rings. The van der Waals surface area contributed by atoms with Gasteiger partial charge >= 0.3 is 11.9 Å². The van der Waals surface area contributed by atoms with Crippen LogP contribution in [0.1, 0.15) is 94.8 Å². The minimum Gasteiger partial charge on any atom is -0.462 e. The first-order valence-corrected chi connectivity index (χ1v) is 20.9. The monoisotopic (exact) mass is 849 g/mol. The summed E-state index contributed by atoms with van der Waals surface area (Å²) >= 11 is 6.82. The van der Waals surface area contributed by atoms with Crippen molar-refractivity contribution in [1.82, 2.24) is 4.90 Å². The van der Waals surface area contributed by atoms with Crippen molar-refractivity contribution in [3.63, 3.8) is 0 Å². The smallest absolute Gasteiger partial charge is 0.328 e. The molecule has 2 saturated heterocycles. The fourth-order valence-corrected chi connectivity index (χ4v) is 8.54. The summed E-state index contributed by atoms with van der Waals surface area (Å²) in [6, 6.07) is 7.76. The summed E-state index contributed by atoms with van der Waals surface area (Å²) in [5, 5.41) is 15.1. The maximum atomic E-state index is 14.3. The summed E-state index contributed by atoms with van der Waals surface area (Å²) in [5.74, 6) is -2.76. The molecule has 2 N–H and O–H groups in total. The topological polar surface area (TPSA) is 164 Å². The number of aryl methyl sites for hydroxylation is 1. The van der Waals surface area contributed by atoms with Crippen LogP contribution in [0.5, 0.6) is 0 Å². The second kappa shape index (κ2) is 18.6. The molecule has 0 aliphatic carbocycles. The summed E-state index contributed by atoms with van der Waals surface area (Å²) in [5.41, 5.74) is 1.96. The van der Waals surface area contributed by atoms with Gasteiger partial charge in [-0.25, -0.2) is 4.79 Å². The highest BCUT2D eigenvalue weighted by molar-refractivity contribution is 6.34. The maximum Gasteiger partial charge on any atom is 0.328 e. The van der Waals surface area contributed by atoms with Gasteiger partial charge in [0.25, 0.3) is 5.91 Å². The fraction of sp³-hybridized carbons (Fsp3) is 0.543. The van der Waals surface area contributed by atoms with Crippen molar-refractivity contribution in [1.29, 1.82) is 0 Å². The molecule has 326 valence electrons. The minimum absolute atomic E-state index is 0.0448. The summed E-state index contributed by atoms with van der Waals surface area (Å²) in [4.78, 5) is 70.0. The molecule has 0 spiro atoms. The van der Waals surface area contributed by atoms with Gasteiger partial charge in [-0.3, -0.25) is 19.2 Å². The van der Waals surface area contributed by atoms with Crippen molar-refractivity contribution in [2.24, 2.45) is 11.8 Å². The molecule has 0 aromatic heterocycles. The summed E-state index contributed by atoms with van der Waals surface area (Å²) in [6.45, 7) is 14.4. The predicted molar refractivity (Wildman–Crippen MR) is 229 cm³/mol. The molecule has 2 aromatic carbocycles. The molecule has 3 aliphatic rings. The second-order valence-corrected chi connectivity index (χ2v) is 17.8. The molecular formula is C46H60ClN3O10. The van der Waals surface area contributed by atoms with Gasteiger partial charge in [-0.1, -0.05) is 68.3 Å². The lowest BCUT2D eigenvalue weighted by atomic mass is 9.78. The molecule has 13 nitrogen and oxygen atoms in total. The van der Waals surface area contributed by atoms with E-state index in [1.807, 2.05) is 39.0 Å². The Hall–Kier alpha value is -4.56. The highest BCUT2D eigenvalue weighted by Gasteiger charge is 2.64. The van der Waals surface area contributed by atoms with E-state index in [1.165, 1.54) is 37.8 Å². The number of hydrogen-bond acceptors (Lipinski definition) is 10. The Balaban J connectivity index is 1.48. The van der Waals surface area contributed by atoms with Crippen LogP contribution in [0.25, 0.3) is 0 Å². The number of esters is 2. The number of fused-ring (bicyclic) bond motifs is 5. The number of hydrogen-bond donors (Lipinski definition) is 2. The molecule has 2 fully saturated rings. The van der Waals surface area contributed by atoms with Crippen molar-refractivity contribution in [3.8, 4) is 0 Å². The van der Waals surface area contributed by atoms with Gasteiger partial charge in [-0.2, -0.15) is 0 Å². The summed E-state index contributed by atoms with van der Waals surface area (Å²) < 4.78 is 24.1. The molecule has 5 rings (SSSR count). The first-order valence-electron chi connectivity index (χ1n) is 20.5. The van der Waals surface area contributed by atoms with Gasteiger partial charge in [0.2, 0.25) is 11.8 Å². The fourth-order valence-electron chi connectivity index (χ4n) is 8.31. The standard InChI is InChI=1S/C46H60ClN3O10/c1-25(2)17-32-15-16-33(21-34(32)48-30(7)51)43(54)49(9)29(6)44(55)59-38-22-39(52)50(10)35-20-31(19-27(4)41(35)47)18-26(3)13-12-14-37(57-11)46(56)23-36(58-40(53)24-46)28(5)42-45(38,8)60-42/h12-16,19-21,25,28-29,36-38,42,56H,17-18,22-24H2,1-11H3,(H,48,51)/b14-12+,26-13+/t28-,29+,36+,37-,38+,42+,45+,46-/m1/s1. The Kier molecular flexibility index (Phi) is 14.4. The number of allylic oxidation sites excluding steroid dienone is 3. The highest BCUT2D eigenvalue weighted by atomic mass is 35.5. The van der Waals surface area contributed by atoms with E-state index in [4.69, 9.17) is 30.5 Å². The second-order valence-electron chi connectivity index (χ2n) is 17.4. The number of halogens is 1. The van der Waals surface area contributed by atoms with Crippen LogP contribution in [-0.4, -0.2) is 103 Å². The molecule has 14 heteroatoms.